The minimum Gasteiger partial charge on any atom is -0.489 e. The van der Waals surface area contributed by atoms with E-state index in [9.17, 15) is 22.2 Å². The van der Waals surface area contributed by atoms with Crippen LogP contribution in [0.4, 0.5) is 13.2 Å². The van der Waals surface area contributed by atoms with Gasteiger partial charge in [0.2, 0.25) is 5.91 Å². The van der Waals surface area contributed by atoms with E-state index >= 15 is 0 Å². The number of carbonyl (C=O) groups excluding carboxylic acids is 1. The molecule has 0 bridgehead atoms. The standard InChI is InChI=1S/C26H32F3N3O4S/c1-18(19-6-8-23(9-7-19)37(2,30)34)31-24(33)25(11-14-35-15-12-25)32-13-10-22(17-32)36-21-5-3-4-20(16-21)26(27,28)29/h3-9,16,18,22,30H,10-15,17H2,1-2H3,(H,31,33)/t18-,22?,37?/m0/s1. The molecule has 2 unspecified atom stereocenters. The van der Waals surface area contributed by atoms with Crippen LogP contribution in [0.2, 0.25) is 0 Å². The number of benzene rings is 2. The lowest BCUT2D eigenvalue weighted by atomic mass is 9.86. The molecule has 202 valence electrons. The fourth-order valence-corrected chi connectivity index (χ4v) is 5.63. The van der Waals surface area contributed by atoms with Crippen molar-refractivity contribution in [1.82, 2.24) is 10.2 Å². The Balaban J connectivity index is 1.45. The van der Waals surface area contributed by atoms with Crippen molar-refractivity contribution in [2.24, 2.45) is 0 Å². The fraction of sp³-hybridized carbons (Fsp3) is 0.500. The second kappa shape index (κ2) is 10.6. The SMILES string of the molecule is C[C@H](NC(=O)C1(N2CCC(Oc3cccc(C(F)(F)F)c3)C2)CCOCC1)c1ccc(S(C)(=N)=O)cc1. The molecule has 0 saturated carbocycles. The minimum absolute atomic E-state index is 0.133. The first-order valence-electron chi connectivity index (χ1n) is 12.2. The van der Waals surface area contributed by atoms with Crippen molar-refractivity contribution in [2.75, 3.05) is 32.6 Å². The normalized spacial score (nSPS) is 22.7. The Labute approximate surface area is 215 Å². The molecule has 11 heteroatoms. The third kappa shape index (κ3) is 6.27. The summed E-state index contributed by atoms with van der Waals surface area (Å²) >= 11 is 0. The van der Waals surface area contributed by atoms with E-state index in [1.54, 1.807) is 24.3 Å². The van der Waals surface area contributed by atoms with Crippen LogP contribution < -0.4 is 10.1 Å². The Bertz CT molecular complexity index is 1210. The van der Waals surface area contributed by atoms with Crippen molar-refractivity contribution >= 4 is 15.6 Å². The van der Waals surface area contributed by atoms with Crippen LogP contribution in [-0.2, 0) is 25.4 Å². The summed E-state index contributed by atoms with van der Waals surface area (Å²) in [5.74, 6) is 0.0276. The average molecular weight is 540 g/mol. The van der Waals surface area contributed by atoms with Gasteiger partial charge in [0.25, 0.3) is 0 Å². The van der Waals surface area contributed by atoms with Crippen LogP contribution in [0.5, 0.6) is 5.75 Å². The molecule has 2 aromatic carbocycles. The van der Waals surface area contributed by atoms with Crippen LogP contribution in [0, 0.1) is 4.78 Å². The summed E-state index contributed by atoms with van der Waals surface area (Å²) in [4.78, 5) is 16.2. The molecule has 0 aromatic heterocycles. The second-order valence-electron chi connectivity index (χ2n) is 9.75. The van der Waals surface area contributed by atoms with Crippen LogP contribution in [0.3, 0.4) is 0 Å². The minimum atomic E-state index is -4.45. The van der Waals surface area contributed by atoms with Crippen molar-refractivity contribution < 1.29 is 31.6 Å². The van der Waals surface area contributed by atoms with Gasteiger partial charge in [0, 0.05) is 37.5 Å². The molecule has 0 spiro atoms. The summed E-state index contributed by atoms with van der Waals surface area (Å²) in [5.41, 5.74) is -0.738. The van der Waals surface area contributed by atoms with Crippen molar-refractivity contribution in [3.05, 3.63) is 59.7 Å². The fourth-order valence-electron chi connectivity index (χ4n) is 4.98. The second-order valence-corrected chi connectivity index (χ2v) is 11.9. The van der Waals surface area contributed by atoms with Gasteiger partial charge in [0.05, 0.1) is 21.3 Å². The lowest BCUT2D eigenvalue weighted by Crippen LogP contribution is -2.61. The predicted molar refractivity (Wildman–Crippen MR) is 133 cm³/mol. The first kappa shape index (κ1) is 27.4. The predicted octanol–water partition coefficient (Wildman–Crippen LogP) is 4.62. The summed E-state index contributed by atoms with van der Waals surface area (Å²) in [6, 6.07) is 11.4. The maximum absolute atomic E-state index is 13.7. The molecule has 2 fully saturated rings. The Morgan fingerprint density at radius 2 is 1.89 bits per heavy atom. The van der Waals surface area contributed by atoms with E-state index in [0.29, 0.717) is 50.5 Å². The summed E-state index contributed by atoms with van der Waals surface area (Å²) in [6.07, 6.45) is -1.84. The number of alkyl halides is 3. The maximum Gasteiger partial charge on any atom is 0.416 e. The number of ether oxygens (including phenoxy) is 2. The molecule has 0 aliphatic carbocycles. The van der Waals surface area contributed by atoms with Crippen molar-refractivity contribution in [3.63, 3.8) is 0 Å². The van der Waals surface area contributed by atoms with Crippen LogP contribution in [0.25, 0.3) is 0 Å². The first-order valence-corrected chi connectivity index (χ1v) is 14.2. The van der Waals surface area contributed by atoms with Gasteiger partial charge in [-0.05, 0) is 62.1 Å². The molecular weight excluding hydrogens is 507 g/mol. The van der Waals surface area contributed by atoms with Gasteiger partial charge in [-0.15, -0.1) is 0 Å². The van der Waals surface area contributed by atoms with E-state index in [0.717, 1.165) is 17.7 Å². The third-order valence-electron chi connectivity index (χ3n) is 7.13. The summed E-state index contributed by atoms with van der Waals surface area (Å²) in [5, 5.41) is 3.11. The molecule has 2 aliphatic heterocycles. The van der Waals surface area contributed by atoms with Crippen LogP contribution >= 0.6 is 0 Å². The van der Waals surface area contributed by atoms with E-state index in [4.69, 9.17) is 14.3 Å². The Morgan fingerprint density at radius 1 is 1.22 bits per heavy atom. The zero-order valence-corrected chi connectivity index (χ0v) is 21.7. The van der Waals surface area contributed by atoms with Gasteiger partial charge in [-0.3, -0.25) is 9.69 Å². The highest BCUT2D eigenvalue weighted by Gasteiger charge is 2.48. The van der Waals surface area contributed by atoms with Crippen molar-refractivity contribution in [2.45, 2.75) is 54.9 Å². The van der Waals surface area contributed by atoms with Gasteiger partial charge in [-0.1, -0.05) is 18.2 Å². The molecule has 7 nitrogen and oxygen atoms in total. The van der Waals surface area contributed by atoms with Gasteiger partial charge in [-0.2, -0.15) is 13.2 Å². The number of carbonyl (C=O) groups is 1. The number of nitrogens with zero attached hydrogens (tertiary/aromatic N) is 1. The number of rotatable bonds is 7. The highest BCUT2D eigenvalue weighted by molar-refractivity contribution is 7.91. The summed E-state index contributed by atoms with van der Waals surface area (Å²) < 4.78 is 70.4. The highest BCUT2D eigenvalue weighted by atomic mass is 32.2. The van der Waals surface area contributed by atoms with E-state index in [-0.39, 0.29) is 23.8 Å². The summed E-state index contributed by atoms with van der Waals surface area (Å²) in [6.45, 7) is 3.73. The number of nitrogens with one attached hydrogen (secondary N) is 2. The van der Waals surface area contributed by atoms with E-state index in [1.165, 1.54) is 18.4 Å². The lowest BCUT2D eigenvalue weighted by molar-refractivity contribution is -0.141. The Morgan fingerprint density at radius 3 is 2.51 bits per heavy atom. The topological polar surface area (TPSA) is 91.7 Å². The number of halogens is 3. The molecular formula is C26H32F3N3O4S. The van der Waals surface area contributed by atoms with Gasteiger partial charge in [-0.25, -0.2) is 8.99 Å². The Kier molecular flexibility index (Phi) is 7.87. The van der Waals surface area contributed by atoms with Gasteiger partial charge >= 0.3 is 6.18 Å². The van der Waals surface area contributed by atoms with E-state index in [2.05, 4.69) is 10.2 Å². The quantitative estimate of drug-likeness (QED) is 0.536. The lowest BCUT2D eigenvalue weighted by Gasteiger charge is -2.43. The molecule has 2 saturated heterocycles. The maximum atomic E-state index is 13.7. The molecule has 2 N–H and O–H groups in total. The Hall–Kier alpha value is -2.63. The largest absolute Gasteiger partial charge is 0.489 e. The van der Waals surface area contributed by atoms with Crippen molar-refractivity contribution in [1.29, 1.82) is 4.78 Å². The number of likely N-dealkylation sites (tertiary alicyclic amines) is 1. The monoisotopic (exact) mass is 539 g/mol. The smallest absolute Gasteiger partial charge is 0.416 e. The molecule has 1 amide bonds. The third-order valence-corrected chi connectivity index (χ3v) is 8.31. The zero-order valence-electron chi connectivity index (χ0n) is 20.8. The van der Waals surface area contributed by atoms with Gasteiger partial charge < -0.3 is 14.8 Å². The molecule has 4 rings (SSSR count). The summed E-state index contributed by atoms with van der Waals surface area (Å²) in [7, 11) is -2.82. The number of hydrogen-bond acceptors (Lipinski definition) is 6. The highest BCUT2D eigenvalue weighted by Crippen LogP contribution is 2.35. The van der Waals surface area contributed by atoms with Crippen LogP contribution in [0.15, 0.2) is 53.4 Å². The first-order chi connectivity index (χ1) is 17.4. The van der Waals surface area contributed by atoms with E-state index in [1.807, 2.05) is 6.92 Å². The van der Waals surface area contributed by atoms with Gasteiger partial charge in [0.15, 0.2) is 0 Å². The molecule has 2 aromatic rings. The van der Waals surface area contributed by atoms with Crippen LogP contribution in [-0.4, -0.2) is 59.2 Å². The van der Waals surface area contributed by atoms with Crippen molar-refractivity contribution in [3.8, 4) is 5.75 Å². The average Bonchev–Trinajstić information content (AvgIpc) is 3.32. The van der Waals surface area contributed by atoms with Crippen LogP contribution in [0.1, 0.15) is 43.4 Å². The zero-order chi connectivity index (χ0) is 26.8. The molecule has 0 radical (unpaired) electrons. The van der Waals surface area contributed by atoms with Gasteiger partial charge in [0.1, 0.15) is 17.4 Å². The molecule has 37 heavy (non-hydrogen) atoms. The molecule has 2 heterocycles. The molecule has 2 aliphatic rings. The number of hydrogen-bond donors (Lipinski definition) is 2. The van der Waals surface area contributed by atoms with E-state index < -0.39 is 27.0 Å². The number of amides is 1. The molecule has 3 atom stereocenters.